The molecule has 0 aliphatic carbocycles. The van der Waals surface area contributed by atoms with Crippen molar-refractivity contribution in [3.05, 3.63) is 42.2 Å². The first-order chi connectivity index (χ1) is 10.1. The molecular formula is C17H25N3O. The first-order valence-electron chi connectivity index (χ1n) is 7.69. The second-order valence-electron chi connectivity index (χ2n) is 5.76. The molecule has 1 aliphatic rings. The molecule has 1 fully saturated rings. The van der Waals surface area contributed by atoms with E-state index >= 15 is 0 Å². The van der Waals surface area contributed by atoms with E-state index < -0.39 is 0 Å². The number of likely N-dealkylation sites (N-methyl/N-ethyl adjacent to an activating group) is 1. The van der Waals surface area contributed by atoms with Crippen molar-refractivity contribution < 1.29 is 4.79 Å². The van der Waals surface area contributed by atoms with E-state index in [1.54, 1.807) is 0 Å². The van der Waals surface area contributed by atoms with Crippen LogP contribution >= 0.6 is 0 Å². The number of nitrogens with zero attached hydrogens (tertiary/aromatic N) is 3. The summed E-state index contributed by atoms with van der Waals surface area (Å²) in [5.74, 6) is 0.230. The van der Waals surface area contributed by atoms with Crippen molar-refractivity contribution in [2.75, 3.05) is 19.6 Å². The molecule has 1 saturated heterocycles. The summed E-state index contributed by atoms with van der Waals surface area (Å²) < 4.78 is 0. The van der Waals surface area contributed by atoms with Crippen LogP contribution in [0.25, 0.3) is 0 Å². The summed E-state index contributed by atoms with van der Waals surface area (Å²) in [4.78, 5) is 21.3. The zero-order valence-corrected chi connectivity index (χ0v) is 13.1. The van der Waals surface area contributed by atoms with Gasteiger partial charge in [0, 0.05) is 25.8 Å². The summed E-state index contributed by atoms with van der Waals surface area (Å²) in [6, 6.07) is 5.92. The number of carbonyl (C=O) groups excluding carboxylic acids is 1. The third-order valence-electron chi connectivity index (χ3n) is 3.89. The second kappa shape index (κ2) is 7.36. The molecule has 114 valence electrons. The van der Waals surface area contributed by atoms with E-state index in [4.69, 9.17) is 0 Å². The minimum absolute atomic E-state index is 0.00805. The van der Waals surface area contributed by atoms with Crippen molar-refractivity contribution in [1.82, 2.24) is 14.8 Å². The number of likely N-dealkylation sites (tertiary alicyclic amines) is 1. The van der Waals surface area contributed by atoms with E-state index in [1.165, 1.54) is 0 Å². The Morgan fingerprint density at radius 2 is 2.33 bits per heavy atom. The maximum Gasteiger partial charge on any atom is 0.240 e. The molecule has 4 nitrogen and oxygen atoms in total. The van der Waals surface area contributed by atoms with E-state index in [9.17, 15) is 4.79 Å². The maximum absolute atomic E-state index is 12.7. The molecule has 0 bridgehead atoms. The standard InChI is InChI=1S/C17H25N3O/c1-4-19(12-14(2)3)17(21)16-9-7-11-20(16)13-15-8-5-6-10-18-15/h5-6,8,10,16H,2,4,7,9,11-13H2,1,3H3/t16-/m1/s1. The van der Waals surface area contributed by atoms with Gasteiger partial charge < -0.3 is 4.90 Å². The average Bonchev–Trinajstić information content (AvgIpc) is 2.93. The van der Waals surface area contributed by atoms with E-state index in [0.29, 0.717) is 6.54 Å². The first kappa shape index (κ1) is 15.7. The number of hydrogen-bond acceptors (Lipinski definition) is 3. The van der Waals surface area contributed by atoms with Gasteiger partial charge in [-0.3, -0.25) is 14.7 Å². The molecule has 2 heterocycles. The number of rotatable bonds is 6. The van der Waals surface area contributed by atoms with Crippen LogP contribution in [-0.4, -0.2) is 46.4 Å². The van der Waals surface area contributed by atoms with Gasteiger partial charge in [-0.25, -0.2) is 0 Å². The predicted molar refractivity (Wildman–Crippen MR) is 84.7 cm³/mol. The van der Waals surface area contributed by atoms with Crippen LogP contribution in [0.5, 0.6) is 0 Å². The fourth-order valence-electron chi connectivity index (χ4n) is 2.88. The Morgan fingerprint density at radius 3 is 2.95 bits per heavy atom. The lowest BCUT2D eigenvalue weighted by Crippen LogP contribution is -2.45. The Kier molecular flexibility index (Phi) is 5.51. The molecule has 1 aromatic heterocycles. The molecule has 0 radical (unpaired) electrons. The lowest BCUT2D eigenvalue weighted by Gasteiger charge is -2.29. The Labute approximate surface area is 127 Å². The molecule has 0 N–H and O–H groups in total. The Hall–Kier alpha value is -1.68. The molecule has 0 saturated carbocycles. The number of carbonyl (C=O) groups is 1. The highest BCUT2D eigenvalue weighted by molar-refractivity contribution is 5.82. The normalized spacial score (nSPS) is 18.7. The van der Waals surface area contributed by atoms with E-state index in [-0.39, 0.29) is 11.9 Å². The molecule has 0 spiro atoms. The molecule has 0 aromatic carbocycles. The topological polar surface area (TPSA) is 36.4 Å². The van der Waals surface area contributed by atoms with Gasteiger partial charge in [0.05, 0.1) is 11.7 Å². The van der Waals surface area contributed by atoms with Crippen molar-refractivity contribution >= 4 is 5.91 Å². The van der Waals surface area contributed by atoms with Crippen molar-refractivity contribution in [3.63, 3.8) is 0 Å². The first-order valence-corrected chi connectivity index (χ1v) is 7.69. The summed E-state index contributed by atoms with van der Waals surface area (Å²) >= 11 is 0. The molecule has 1 aliphatic heterocycles. The third kappa shape index (κ3) is 4.14. The van der Waals surface area contributed by atoms with E-state index in [2.05, 4.69) is 16.5 Å². The van der Waals surface area contributed by atoms with Crippen LogP contribution in [0.15, 0.2) is 36.5 Å². The molecule has 1 amide bonds. The number of hydrogen-bond donors (Lipinski definition) is 0. The minimum atomic E-state index is -0.00805. The molecule has 2 rings (SSSR count). The minimum Gasteiger partial charge on any atom is -0.338 e. The van der Waals surface area contributed by atoms with Gasteiger partial charge in [0.2, 0.25) is 5.91 Å². The zero-order chi connectivity index (χ0) is 15.2. The Bertz CT molecular complexity index is 486. The SMILES string of the molecule is C=C(C)CN(CC)C(=O)[C@H]1CCCN1Cc1ccccn1. The monoisotopic (exact) mass is 287 g/mol. The van der Waals surface area contributed by atoms with Crippen LogP contribution in [0.1, 0.15) is 32.4 Å². The summed E-state index contributed by atoms with van der Waals surface area (Å²) in [5.41, 5.74) is 2.06. The Morgan fingerprint density at radius 1 is 1.52 bits per heavy atom. The third-order valence-corrected chi connectivity index (χ3v) is 3.89. The van der Waals surface area contributed by atoms with Crippen molar-refractivity contribution in [2.45, 2.75) is 39.3 Å². The van der Waals surface area contributed by atoms with Crippen LogP contribution in [0.2, 0.25) is 0 Å². The maximum atomic E-state index is 12.7. The summed E-state index contributed by atoms with van der Waals surface area (Å²) in [6.45, 7) is 11.0. The average molecular weight is 287 g/mol. The molecule has 21 heavy (non-hydrogen) atoms. The van der Waals surface area contributed by atoms with Gasteiger partial charge in [-0.05, 0) is 45.4 Å². The molecular weight excluding hydrogens is 262 g/mol. The lowest BCUT2D eigenvalue weighted by atomic mass is 10.1. The van der Waals surface area contributed by atoms with Crippen LogP contribution in [-0.2, 0) is 11.3 Å². The van der Waals surface area contributed by atoms with Gasteiger partial charge in [-0.2, -0.15) is 0 Å². The van der Waals surface area contributed by atoms with Crippen LogP contribution in [0, 0.1) is 0 Å². The van der Waals surface area contributed by atoms with Crippen molar-refractivity contribution in [1.29, 1.82) is 0 Å². The Balaban J connectivity index is 2.03. The van der Waals surface area contributed by atoms with Crippen LogP contribution < -0.4 is 0 Å². The molecule has 4 heteroatoms. The number of aromatic nitrogens is 1. The fraction of sp³-hybridized carbons (Fsp3) is 0.529. The van der Waals surface area contributed by atoms with Gasteiger partial charge in [0.15, 0.2) is 0 Å². The van der Waals surface area contributed by atoms with Crippen molar-refractivity contribution in [2.24, 2.45) is 0 Å². The quantitative estimate of drug-likeness (QED) is 0.754. The van der Waals surface area contributed by atoms with Crippen LogP contribution in [0.4, 0.5) is 0 Å². The summed E-state index contributed by atoms with van der Waals surface area (Å²) in [5, 5.41) is 0. The number of pyridine rings is 1. The smallest absolute Gasteiger partial charge is 0.240 e. The highest BCUT2D eigenvalue weighted by Crippen LogP contribution is 2.21. The van der Waals surface area contributed by atoms with Gasteiger partial charge in [-0.15, -0.1) is 0 Å². The highest BCUT2D eigenvalue weighted by atomic mass is 16.2. The summed E-state index contributed by atoms with van der Waals surface area (Å²) in [6.07, 6.45) is 3.83. The lowest BCUT2D eigenvalue weighted by molar-refractivity contribution is -0.135. The molecule has 1 aromatic rings. The predicted octanol–water partition coefficient (Wildman–Crippen LogP) is 2.47. The summed E-state index contributed by atoms with van der Waals surface area (Å²) in [7, 11) is 0. The number of amides is 1. The van der Waals surface area contributed by atoms with Gasteiger partial charge in [0.1, 0.15) is 0 Å². The molecule has 0 unspecified atom stereocenters. The van der Waals surface area contributed by atoms with Gasteiger partial charge >= 0.3 is 0 Å². The van der Waals surface area contributed by atoms with E-state index in [1.807, 2.05) is 43.1 Å². The zero-order valence-electron chi connectivity index (χ0n) is 13.1. The van der Waals surface area contributed by atoms with Gasteiger partial charge in [0.25, 0.3) is 0 Å². The second-order valence-corrected chi connectivity index (χ2v) is 5.76. The van der Waals surface area contributed by atoms with Crippen LogP contribution in [0.3, 0.4) is 0 Å². The van der Waals surface area contributed by atoms with E-state index in [0.717, 1.165) is 43.7 Å². The van der Waals surface area contributed by atoms with Crippen molar-refractivity contribution in [3.8, 4) is 0 Å². The van der Waals surface area contributed by atoms with Gasteiger partial charge in [-0.1, -0.05) is 18.2 Å². The fourth-order valence-corrected chi connectivity index (χ4v) is 2.88. The largest absolute Gasteiger partial charge is 0.338 e. The highest BCUT2D eigenvalue weighted by Gasteiger charge is 2.33. The molecule has 1 atom stereocenters.